The Kier molecular flexibility index (Phi) is 5.51. The third-order valence-electron chi connectivity index (χ3n) is 2.30. The second-order valence-corrected chi connectivity index (χ2v) is 4.84. The fourth-order valence-electron chi connectivity index (χ4n) is 1.42. The molecule has 0 amide bonds. The Bertz CT molecular complexity index is 607. The molecule has 7 heteroatoms. The Balaban J connectivity index is 1.97. The van der Waals surface area contributed by atoms with Gasteiger partial charge >= 0.3 is 5.97 Å². The second kappa shape index (κ2) is 7.58. The zero-order chi connectivity index (χ0) is 15.1. The molecule has 21 heavy (non-hydrogen) atoms. The van der Waals surface area contributed by atoms with Gasteiger partial charge in [-0.3, -0.25) is 4.79 Å². The monoisotopic (exact) mass is 308 g/mol. The van der Waals surface area contributed by atoms with Crippen LogP contribution in [0.1, 0.15) is 6.92 Å². The number of esters is 1. The van der Waals surface area contributed by atoms with Gasteiger partial charge in [0.25, 0.3) is 0 Å². The molecule has 2 aromatic rings. The first-order valence-electron chi connectivity index (χ1n) is 6.21. The lowest BCUT2D eigenvalue weighted by molar-refractivity contribution is -0.139. The first-order valence-corrected chi connectivity index (χ1v) is 7.20. The van der Waals surface area contributed by atoms with E-state index >= 15 is 0 Å². The zero-order valence-electron chi connectivity index (χ0n) is 11.3. The molecule has 2 rings (SSSR count). The van der Waals surface area contributed by atoms with Crippen molar-refractivity contribution in [1.82, 2.24) is 9.97 Å². The summed E-state index contributed by atoms with van der Waals surface area (Å²) in [4.78, 5) is 19.3. The molecule has 0 aliphatic carbocycles. The number of carbonyl (C=O) groups excluding carboxylic acids is 1. The van der Waals surface area contributed by atoms with Crippen LogP contribution in [0.5, 0.6) is 11.6 Å². The molecule has 0 fully saturated rings. The zero-order valence-corrected chi connectivity index (χ0v) is 12.1. The minimum Gasteiger partial charge on any atom is -0.465 e. The van der Waals surface area contributed by atoms with E-state index in [0.717, 1.165) is 0 Å². The van der Waals surface area contributed by atoms with Crippen LogP contribution in [0, 0.1) is 5.82 Å². The summed E-state index contributed by atoms with van der Waals surface area (Å²) < 4.78 is 23.1. The first kappa shape index (κ1) is 15.2. The average Bonchev–Trinajstić information content (AvgIpc) is 2.48. The van der Waals surface area contributed by atoms with Gasteiger partial charge in [-0.25, -0.2) is 14.4 Å². The standard InChI is InChI=1S/C14H13FN2O3S/c1-2-19-14(18)8-21-13-7-12(16-9-17-13)20-11-5-3-10(15)4-6-11/h3-7,9H,2,8H2,1H3. The predicted molar refractivity (Wildman–Crippen MR) is 75.9 cm³/mol. The summed E-state index contributed by atoms with van der Waals surface area (Å²) in [6.45, 7) is 2.10. The van der Waals surface area contributed by atoms with Crippen molar-refractivity contribution in [2.75, 3.05) is 12.4 Å². The maximum atomic E-state index is 12.8. The van der Waals surface area contributed by atoms with Crippen LogP contribution in [-0.2, 0) is 9.53 Å². The van der Waals surface area contributed by atoms with Crippen molar-refractivity contribution in [3.8, 4) is 11.6 Å². The van der Waals surface area contributed by atoms with Crippen molar-refractivity contribution in [3.05, 3.63) is 42.5 Å². The van der Waals surface area contributed by atoms with Crippen molar-refractivity contribution < 1.29 is 18.7 Å². The van der Waals surface area contributed by atoms with Crippen molar-refractivity contribution in [2.24, 2.45) is 0 Å². The molecule has 1 aromatic heterocycles. The van der Waals surface area contributed by atoms with Crippen molar-refractivity contribution >= 4 is 17.7 Å². The van der Waals surface area contributed by atoms with Gasteiger partial charge in [0.2, 0.25) is 5.88 Å². The molecule has 0 radical (unpaired) electrons. The van der Waals surface area contributed by atoms with Crippen molar-refractivity contribution in [1.29, 1.82) is 0 Å². The Morgan fingerprint density at radius 3 is 2.76 bits per heavy atom. The SMILES string of the molecule is CCOC(=O)CSc1cc(Oc2ccc(F)cc2)ncn1. The summed E-state index contributed by atoms with van der Waals surface area (Å²) in [5.41, 5.74) is 0. The van der Waals surface area contributed by atoms with Crippen LogP contribution < -0.4 is 4.74 Å². The second-order valence-electron chi connectivity index (χ2n) is 3.84. The van der Waals surface area contributed by atoms with Gasteiger partial charge in [-0.1, -0.05) is 11.8 Å². The van der Waals surface area contributed by atoms with Crippen LogP contribution in [0.15, 0.2) is 41.7 Å². The molecule has 5 nitrogen and oxygen atoms in total. The van der Waals surface area contributed by atoms with Gasteiger partial charge in [0.05, 0.1) is 12.4 Å². The van der Waals surface area contributed by atoms with E-state index in [9.17, 15) is 9.18 Å². The minimum atomic E-state index is -0.337. The number of thioether (sulfide) groups is 1. The molecule has 0 aliphatic heterocycles. The summed E-state index contributed by atoms with van der Waals surface area (Å²) in [5.74, 6) is 0.318. The summed E-state index contributed by atoms with van der Waals surface area (Å²) in [7, 11) is 0. The molecule has 0 aliphatic rings. The smallest absolute Gasteiger partial charge is 0.316 e. The van der Waals surface area contributed by atoms with Gasteiger partial charge in [0.15, 0.2) is 0 Å². The Hall–Kier alpha value is -2.15. The van der Waals surface area contributed by atoms with E-state index in [0.29, 0.717) is 23.3 Å². The van der Waals surface area contributed by atoms with Crippen molar-refractivity contribution in [3.63, 3.8) is 0 Å². The number of halogens is 1. The summed E-state index contributed by atoms with van der Waals surface area (Å²) in [6.07, 6.45) is 1.34. The third-order valence-corrected chi connectivity index (χ3v) is 3.20. The highest BCUT2D eigenvalue weighted by Crippen LogP contribution is 2.23. The van der Waals surface area contributed by atoms with Crippen LogP contribution in [0.25, 0.3) is 0 Å². The minimum absolute atomic E-state index is 0.168. The number of benzene rings is 1. The maximum absolute atomic E-state index is 12.8. The lowest BCUT2D eigenvalue weighted by Crippen LogP contribution is -2.06. The number of hydrogen-bond donors (Lipinski definition) is 0. The molecule has 0 saturated carbocycles. The number of carbonyl (C=O) groups is 1. The van der Waals surface area contributed by atoms with E-state index in [2.05, 4.69) is 9.97 Å². The molecule has 0 saturated heterocycles. The Morgan fingerprint density at radius 1 is 1.29 bits per heavy atom. The molecule has 0 spiro atoms. The number of rotatable bonds is 6. The molecule has 110 valence electrons. The van der Waals surface area contributed by atoms with E-state index < -0.39 is 0 Å². The maximum Gasteiger partial charge on any atom is 0.316 e. The van der Waals surface area contributed by atoms with E-state index in [1.54, 1.807) is 13.0 Å². The molecule has 0 N–H and O–H groups in total. The Morgan fingerprint density at radius 2 is 2.05 bits per heavy atom. The fourth-order valence-corrected chi connectivity index (χ4v) is 2.07. The highest BCUT2D eigenvalue weighted by Gasteiger charge is 2.06. The van der Waals surface area contributed by atoms with Gasteiger partial charge < -0.3 is 9.47 Å². The summed E-state index contributed by atoms with van der Waals surface area (Å²) in [6, 6.07) is 7.21. The Labute approximate surface area is 125 Å². The molecular formula is C14H13FN2O3S. The van der Waals surface area contributed by atoms with E-state index in [1.807, 2.05) is 0 Å². The van der Waals surface area contributed by atoms with Gasteiger partial charge in [-0.05, 0) is 31.2 Å². The highest BCUT2D eigenvalue weighted by molar-refractivity contribution is 7.99. The molecule has 1 heterocycles. The van der Waals surface area contributed by atoms with Crippen molar-refractivity contribution in [2.45, 2.75) is 11.9 Å². The van der Waals surface area contributed by atoms with Gasteiger partial charge in [0.1, 0.15) is 22.9 Å². The first-order chi connectivity index (χ1) is 10.2. The van der Waals surface area contributed by atoms with Gasteiger partial charge in [-0.2, -0.15) is 0 Å². The lowest BCUT2D eigenvalue weighted by atomic mass is 10.3. The van der Waals surface area contributed by atoms with E-state index in [-0.39, 0.29) is 17.5 Å². The van der Waals surface area contributed by atoms with E-state index in [4.69, 9.17) is 9.47 Å². The predicted octanol–water partition coefficient (Wildman–Crippen LogP) is 3.06. The van der Waals surface area contributed by atoms with Gasteiger partial charge in [0, 0.05) is 6.07 Å². The van der Waals surface area contributed by atoms with Crippen LogP contribution in [0.3, 0.4) is 0 Å². The number of hydrogen-bond acceptors (Lipinski definition) is 6. The largest absolute Gasteiger partial charge is 0.465 e. The summed E-state index contributed by atoms with van der Waals surface area (Å²) in [5, 5.41) is 0.593. The van der Waals surface area contributed by atoms with Crippen LogP contribution >= 0.6 is 11.8 Å². The average molecular weight is 308 g/mol. The molecule has 0 atom stereocenters. The molecule has 0 bridgehead atoms. The lowest BCUT2D eigenvalue weighted by Gasteiger charge is -2.06. The number of aromatic nitrogens is 2. The van der Waals surface area contributed by atoms with Crippen LogP contribution in [0.4, 0.5) is 4.39 Å². The van der Waals surface area contributed by atoms with Crippen LogP contribution in [-0.4, -0.2) is 28.3 Å². The molecular weight excluding hydrogens is 295 g/mol. The van der Waals surface area contributed by atoms with Crippen LogP contribution in [0.2, 0.25) is 0 Å². The fraction of sp³-hybridized carbons (Fsp3) is 0.214. The number of nitrogens with zero attached hydrogens (tertiary/aromatic N) is 2. The third kappa shape index (κ3) is 5.03. The molecule has 1 aromatic carbocycles. The number of ether oxygens (including phenoxy) is 2. The molecule has 0 unspecified atom stereocenters. The topological polar surface area (TPSA) is 61.3 Å². The highest BCUT2D eigenvalue weighted by atomic mass is 32.2. The normalized spacial score (nSPS) is 10.2. The summed E-state index contributed by atoms with van der Waals surface area (Å²) >= 11 is 1.23. The van der Waals surface area contributed by atoms with E-state index in [1.165, 1.54) is 42.4 Å². The quantitative estimate of drug-likeness (QED) is 0.464. The van der Waals surface area contributed by atoms with Gasteiger partial charge in [-0.15, -0.1) is 0 Å².